The van der Waals surface area contributed by atoms with Crippen LogP contribution in [0.2, 0.25) is 0 Å². The number of amides is 1. The molecular weight excluding hydrogens is 212 g/mol. The predicted octanol–water partition coefficient (Wildman–Crippen LogP) is 2.32. The summed E-state index contributed by atoms with van der Waals surface area (Å²) in [5.74, 6) is 0.981. The third-order valence-corrected chi connectivity index (χ3v) is 4.33. The highest BCUT2D eigenvalue weighted by molar-refractivity contribution is 5.78. The molecule has 0 atom stereocenters. The zero-order chi connectivity index (χ0) is 12.7. The van der Waals surface area contributed by atoms with Crippen LogP contribution in [0.5, 0.6) is 0 Å². The molecule has 2 N–H and O–H groups in total. The van der Waals surface area contributed by atoms with Crippen LogP contribution in [-0.4, -0.2) is 25.5 Å². The Bertz CT molecular complexity index is 224. The number of hydrogen-bond donors (Lipinski definition) is 2. The van der Waals surface area contributed by atoms with Gasteiger partial charge >= 0.3 is 0 Å². The van der Waals surface area contributed by atoms with Gasteiger partial charge in [-0.3, -0.25) is 4.79 Å². The van der Waals surface area contributed by atoms with Crippen LogP contribution in [0, 0.1) is 11.3 Å². The van der Waals surface area contributed by atoms with Crippen LogP contribution >= 0.6 is 0 Å². The molecule has 0 spiro atoms. The van der Waals surface area contributed by atoms with Crippen LogP contribution in [0.1, 0.15) is 52.9 Å². The molecule has 1 fully saturated rings. The van der Waals surface area contributed by atoms with Gasteiger partial charge in [-0.2, -0.15) is 0 Å². The maximum atomic E-state index is 11.7. The largest absolute Gasteiger partial charge is 0.354 e. The third-order valence-electron chi connectivity index (χ3n) is 4.33. The maximum Gasteiger partial charge on any atom is 0.233 e. The zero-order valence-electron chi connectivity index (χ0n) is 11.6. The van der Waals surface area contributed by atoms with E-state index in [-0.39, 0.29) is 5.91 Å². The van der Waals surface area contributed by atoms with E-state index in [1.165, 1.54) is 12.8 Å². The van der Waals surface area contributed by atoms with Gasteiger partial charge in [0.25, 0.3) is 0 Å². The van der Waals surface area contributed by atoms with Crippen LogP contribution < -0.4 is 10.6 Å². The smallest absolute Gasteiger partial charge is 0.233 e. The van der Waals surface area contributed by atoms with E-state index < -0.39 is 0 Å². The Morgan fingerprint density at radius 2 is 1.76 bits per heavy atom. The van der Waals surface area contributed by atoms with Crippen molar-refractivity contribution in [2.24, 2.45) is 11.3 Å². The summed E-state index contributed by atoms with van der Waals surface area (Å²) >= 11 is 0. The standard InChI is InChI=1S/C14H28N2O/c1-4-14(5-2,6-3)11-16-13(17)10-15-9-12-7-8-12/h12,15H,4-11H2,1-3H3,(H,16,17). The second-order valence-corrected chi connectivity index (χ2v) is 5.41. The van der Waals surface area contributed by atoms with E-state index in [9.17, 15) is 4.79 Å². The van der Waals surface area contributed by atoms with Gasteiger partial charge < -0.3 is 10.6 Å². The number of hydrogen-bond acceptors (Lipinski definition) is 2. The lowest BCUT2D eigenvalue weighted by Gasteiger charge is -2.30. The second-order valence-electron chi connectivity index (χ2n) is 5.41. The van der Waals surface area contributed by atoms with Crippen molar-refractivity contribution in [1.82, 2.24) is 10.6 Å². The van der Waals surface area contributed by atoms with Gasteiger partial charge in [-0.1, -0.05) is 20.8 Å². The van der Waals surface area contributed by atoms with E-state index in [1.54, 1.807) is 0 Å². The molecule has 0 aromatic heterocycles. The van der Waals surface area contributed by atoms with Gasteiger partial charge in [0.05, 0.1) is 6.54 Å². The Balaban J connectivity index is 2.15. The molecule has 0 aliphatic heterocycles. The average Bonchev–Trinajstić information content (AvgIpc) is 3.16. The first-order valence-electron chi connectivity index (χ1n) is 7.13. The zero-order valence-corrected chi connectivity index (χ0v) is 11.6. The summed E-state index contributed by atoms with van der Waals surface area (Å²) in [4.78, 5) is 11.7. The van der Waals surface area contributed by atoms with Crippen molar-refractivity contribution < 1.29 is 4.79 Å². The summed E-state index contributed by atoms with van der Waals surface area (Å²) in [5.41, 5.74) is 0.298. The van der Waals surface area contributed by atoms with Gasteiger partial charge in [-0.05, 0) is 50.0 Å². The maximum absolute atomic E-state index is 11.7. The molecule has 17 heavy (non-hydrogen) atoms. The van der Waals surface area contributed by atoms with E-state index in [1.807, 2.05) is 0 Å². The number of nitrogens with one attached hydrogen (secondary N) is 2. The molecule has 0 aromatic rings. The van der Waals surface area contributed by atoms with Gasteiger partial charge in [-0.25, -0.2) is 0 Å². The highest BCUT2D eigenvalue weighted by Gasteiger charge is 2.24. The summed E-state index contributed by atoms with van der Waals surface area (Å²) in [5, 5.41) is 6.29. The monoisotopic (exact) mass is 240 g/mol. The van der Waals surface area contributed by atoms with Crippen LogP contribution in [0.3, 0.4) is 0 Å². The molecule has 0 radical (unpaired) electrons. The molecule has 1 aliphatic carbocycles. The SMILES string of the molecule is CCC(CC)(CC)CNC(=O)CNCC1CC1. The number of carbonyl (C=O) groups is 1. The Hall–Kier alpha value is -0.570. The molecule has 1 amide bonds. The van der Waals surface area contributed by atoms with Gasteiger partial charge in [0.15, 0.2) is 0 Å². The van der Waals surface area contributed by atoms with Crippen LogP contribution in [0.15, 0.2) is 0 Å². The van der Waals surface area contributed by atoms with E-state index in [2.05, 4.69) is 31.4 Å². The first kappa shape index (κ1) is 14.5. The molecular formula is C14H28N2O. The molecule has 1 aliphatic rings. The normalized spacial score (nSPS) is 15.9. The lowest BCUT2D eigenvalue weighted by atomic mass is 9.80. The van der Waals surface area contributed by atoms with Gasteiger partial charge in [0.1, 0.15) is 0 Å². The van der Waals surface area contributed by atoms with E-state index in [4.69, 9.17) is 0 Å². The van der Waals surface area contributed by atoms with Gasteiger partial charge in [0.2, 0.25) is 5.91 Å². The summed E-state index contributed by atoms with van der Waals surface area (Å²) < 4.78 is 0. The second kappa shape index (κ2) is 7.00. The highest BCUT2D eigenvalue weighted by atomic mass is 16.1. The van der Waals surface area contributed by atoms with E-state index in [0.29, 0.717) is 12.0 Å². The first-order valence-corrected chi connectivity index (χ1v) is 7.13. The molecule has 0 saturated heterocycles. The lowest BCUT2D eigenvalue weighted by molar-refractivity contribution is -0.120. The van der Waals surface area contributed by atoms with Crippen molar-refractivity contribution in [3.63, 3.8) is 0 Å². The third kappa shape index (κ3) is 5.07. The Morgan fingerprint density at radius 1 is 1.18 bits per heavy atom. The Morgan fingerprint density at radius 3 is 2.24 bits per heavy atom. The number of carbonyl (C=O) groups excluding carboxylic acids is 1. The van der Waals surface area contributed by atoms with Crippen molar-refractivity contribution in [2.75, 3.05) is 19.6 Å². The fourth-order valence-corrected chi connectivity index (χ4v) is 2.19. The summed E-state index contributed by atoms with van der Waals surface area (Å²) in [7, 11) is 0. The Kier molecular flexibility index (Phi) is 5.96. The minimum absolute atomic E-state index is 0.144. The molecule has 0 aromatic carbocycles. The minimum atomic E-state index is 0.144. The molecule has 100 valence electrons. The Labute approximate surface area is 106 Å². The summed E-state index contributed by atoms with van der Waals surface area (Å²) in [6, 6.07) is 0. The topological polar surface area (TPSA) is 41.1 Å². The molecule has 1 rings (SSSR count). The highest BCUT2D eigenvalue weighted by Crippen LogP contribution is 2.29. The fourth-order valence-electron chi connectivity index (χ4n) is 2.19. The van der Waals surface area contributed by atoms with Crippen molar-refractivity contribution in [1.29, 1.82) is 0 Å². The lowest BCUT2D eigenvalue weighted by Crippen LogP contribution is -2.41. The molecule has 0 heterocycles. The first-order chi connectivity index (χ1) is 8.15. The van der Waals surface area contributed by atoms with Crippen molar-refractivity contribution in [2.45, 2.75) is 52.9 Å². The molecule has 3 nitrogen and oxygen atoms in total. The predicted molar refractivity (Wildman–Crippen MR) is 71.9 cm³/mol. The summed E-state index contributed by atoms with van der Waals surface area (Å²) in [6.07, 6.45) is 6.07. The van der Waals surface area contributed by atoms with Crippen LogP contribution in [0.4, 0.5) is 0 Å². The van der Waals surface area contributed by atoms with Crippen molar-refractivity contribution in [3.8, 4) is 0 Å². The van der Waals surface area contributed by atoms with E-state index in [0.717, 1.165) is 38.3 Å². The van der Waals surface area contributed by atoms with Crippen LogP contribution in [-0.2, 0) is 4.79 Å². The molecule has 3 heteroatoms. The average molecular weight is 240 g/mol. The van der Waals surface area contributed by atoms with Crippen LogP contribution in [0.25, 0.3) is 0 Å². The molecule has 0 bridgehead atoms. The van der Waals surface area contributed by atoms with Gasteiger partial charge in [0, 0.05) is 6.54 Å². The van der Waals surface area contributed by atoms with Crippen molar-refractivity contribution >= 4 is 5.91 Å². The van der Waals surface area contributed by atoms with E-state index >= 15 is 0 Å². The minimum Gasteiger partial charge on any atom is -0.354 e. The summed E-state index contributed by atoms with van der Waals surface area (Å²) in [6.45, 7) is 8.94. The number of rotatable bonds is 9. The van der Waals surface area contributed by atoms with Crippen molar-refractivity contribution in [3.05, 3.63) is 0 Å². The fraction of sp³-hybridized carbons (Fsp3) is 0.929. The molecule has 1 saturated carbocycles. The quantitative estimate of drug-likeness (QED) is 0.649. The van der Waals surface area contributed by atoms with Gasteiger partial charge in [-0.15, -0.1) is 0 Å². The molecule has 0 unspecified atom stereocenters.